The van der Waals surface area contributed by atoms with Crippen LogP contribution in [0.4, 0.5) is 11.4 Å². The standard InChI is InChI=1S/C19H18N2O6.C2H4O2.Na/c1-26-18(24)12-7-13(19(25)27-2)9-15(8-12)21-17(23)10-16(22)11-3-5-14(20)6-4-11;1-2(3)4;/h3-9H,10,20H2,1-2H3,(H,21,23);1H3,(H,3,4);/q;;+1/p-1. The molecule has 0 radical (unpaired) electrons. The summed E-state index contributed by atoms with van der Waals surface area (Å²) in [4.78, 5) is 56.7. The van der Waals surface area contributed by atoms with E-state index in [2.05, 4.69) is 14.8 Å². The predicted octanol–water partition coefficient (Wildman–Crippen LogP) is -2.19. The number of nitrogens with one attached hydrogen (secondary N) is 1. The molecule has 3 N–H and O–H groups in total. The first-order chi connectivity index (χ1) is 14.6. The van der Waals surface area contributed by atoms with Crippen molar-refractivity contribution in [3.63, 3.8) is 0 Å². The molecule has 11 heteroatoms. The number of Topliss-reactive ketones (excluding diaryl/α,β-unsaturated/α-hetero) is 1. The summed E-state index contributed by atoms with van der Waals surface area (Å²) < 4.78 is 9.26. The Labute approximate surface area is 206 Å². The molecular weight excluding hydrogens is 431 g/mol. The second-order valence-corrected chi connectivity index (χ2v) is 6.04. The van der Waals surface area contributed by atoms with E-state index in [0.29, 0.717) is 11.3 Å². The number of rotatable bonds is 6. The summed E-state index contributed by atoms with van der Waals surface area (Å²) in [5.74, 6) is -3.46. The van der Waals surface area contributed by atoms with E-state index in [1.165, 1.54) is 44.6 Å². The predicted molar refractivity (Wildman–Crippen MR) is 108 cm³/mol. The third-order valence-corrected chi connectivity index (χ3v) is 3.61. The second-order valence-electron chi connectivity index (χ2n) is 6.04. The van der Waals surface area contributed by atoms with Gasteiger partial charge in [0.05, 0.1) is 31.8 Å². The molecule has 2 aromatic rings. The molecule has 0 aromatic heterocycles. The maximum absolute atomic E-state index is 12.2. The van der Waals surface area contributed by atoms with E-state index in [-0.39, 0.29) is 46.4 Å². The Balaban J connectivity index is 0.00000177. The smallest absolute Gasteiger partial charge is 0.550 e. The molecular formula is C21H21N2NaO8. The van der Waals surface area contributed by atoms with Gasteiger partial charge >= 0.3 is 41.5 Å². The second kappa shape index (κ2) is 14.0. The van der Waals surface area contributed by atoms with Crippen molar-refractivity contribution in [2.24, 2.45) is 0 Å². The van der Waals surface area contributed by atoms with Crippen molar-refractivity contribution in [1.29, 1.82) is 0 Å². The molecule has 0 unspecified atom stereocenters. The number of amides is 1. The zero-order valence-electron chi connectivity index (χ0n) is 18.1. The van der Waals surface area contributed by atoms with E-state index in [1.54, 1.807) is 12.1 Å². The molecule has 0 fully saturated rings. The van der Waals surface area contributed by atoms with Gasteiger partial charge in [-0.15, -0.1) is 0 Å². The summed E-state index contributed by atoms with van der Waals surface area (Å²) in [7, 11) is 2.38. The Bertz CT molecular complexity index is 952. The average Bonchev–Trinajstić information content (AvgIpc) is 2.72. The first-order valence-corrected chi connectivity index (χ1v) is 8.75. The van der Waals surface area contributed by atoms with Gasteiger partial charge in [0.25, 0.3) is 0 Å². The molecule has 0 bridgehead atoms. The number of carbonyl (C=O) groups excluding carboxylic acids is 5. The van der Waals surface area contributed by atoms with Gasteiger partial charge in [-0.25, -0.2) is 9.59 Å². The van der Waals surface area contributed by atoms with Crippen molar-refractivity contribution >= 4 is 41.0 Å². The van der Waals surface area contributed by atoms with Crippen molar-refractivity contribution in [2.75, 3.05) is 25.3 Å². The minimum absolute atomic E-state index is 0. The number of nitrogens with two attached hydrogens (primary N) is 1. The van der Waals surface area contributed by atoms with Crippen LogP contribution in [0.3, 0.4) is 0 Å². The van der Waals surface area contributed by atoms with Crippen LogP contribution in [-0.4, -0.2) is 43.8 Å². The summed E-state index contributed by atoms with van der Waals surface area (Å²) >= 11 is 0. The van der Waals surface area contributed by atoms with Crippen molar-refractivity contribution in [2.45, 2.75) is 13.3 Å². The summed E-state index contributed by atoms with van der Waals surface area (Å²) in [5.41, 5.74) is 6.69. The van der Waals surface area contributed by atoms with Crippen LogP contribution < -0.4 is 45.7 Å². The number of carboxylic acid groups (broad SMARTS) is 1. The molecule has 164 valence electrons. The number of methoxy groups -OCH3 is 2. The van der Waals surface area contributed by atoms with Gasteiger partial charge in [0.2, 0.25) is 5.91 Å². The van der Waals surface area contributed by atoms with Gasteiger partial charge < -0.3 is 30.4 Å². The van der Waals surface area contributed by atoms with Gasteiger partial charge in [0.15, 0.2) is 5.78 Å². The van der Waals surface area contributed by atoms with Gasteiger partial charge in [-0.3, -0.25) is 9.59 Å². The van der Waals surface area contributed by atoms with E-state index in [0.717, 1.165) is 6.92 Å². The SMILES string of the molecule is CC(=O)[O-].COC(=O)c1cc(NC(=O)CC(=O)c2ccc(N)cc2)cc(C(=O)OC)c1.[Na+]. The molecule has 0 saturated carbocycles. The molecule has 0 aliphatic carbocycles. The maximum Gasteiger partial charge on any atom is 1.00 e. The summed E-state index contributed by atoms with van der Waals surface area (Å²) in [6, 6.07) is 10.1. The maximum atomic E-state index is 12.2. The van der Waals surface area contributed by atoms with Gasteiger partial charge in [-0.1, -0.05) is 0 Å². The monoisotopic (exact) mass is 452 g/mol. The minimum Gasteiger partial charge on any atom is -0.550 e. The van der Waals surface area contributed by atoms with E-state index >= 15 is 0 Å². The molecule has 0 aliphatic heterocycles. The van der Waals surface area contributed by atoms with Crippen LogP contribution in [0.1, 0.15) is 44.4 Å². The van der Waals surface area contributed by atoms with E-state index in [4.69, 9.17) is 15.6 Å². The van der Waals surface area contributed by atoms with Crippen LogP contribution in [0.25, 0.3) is 0 Å². The Hall–Kier alpha value is -3.21. The Morgan fingerprint density at radius 3 is 1.72 bits per heavy atom. The molecule has 0 saturated heterocycles. The van der Waals surface area contributed by atoms with Crippen molar-refractivity contribution in [1.82, 2.24) is 0 Å². The average molecular weight is 452 g/mol. The molecule has 2 rings (SSSR count). The Kier molecular flexibility index (Phi) is 12.6. The number of esters is 2. The zero-order valence-corrected chi connectivity index (χ0v) is 20.1. The third-order valence-electron chi connectivity index (χ3n) is 3.61. The number of benzene rings is 2. The molecule has 0 atom stereocenters. The molecule has 32 heavy (non-hydrogen) atoms. The van der Waals surface area contributed by atoms with Gasteiger partial charge in [0.1, 0.15) is 0 Å². The normalized spacial score (nSPS) is 9.22. The van der Waals surface area contributed by atoms with Crippen molar-refractivity contribution in [3.8, 4) is 0 Å². The number of aliphatic carboxylic acids is 1. The minimum atomic E-state index is -1.08. The fourth-order valence-electron chi connectivity index (χ4n) is 2.29. The molecule has 0 spiro atoms. The largest absolute Gasteiger partial charge is 1.00 e. The van der Waals surface area contributed by atoms with Gasteiger partial charge in [-0.2, -0.15) is 0 Å². The number of hydrogen-bond donors (Lipinski definition) is 2. The number of ether oxygens (including phenoxy) is 2. The van der Waals surface area contributed by atoms with E-state index in [9.17, 15) is 19.2 Å². The van der Waals surface area contributed by atoms with Crippen LogP contribution in [0.15, 0.2) is 42.5 Å². The molecule has 2 aromatic carbocycles. The number of ketones is 1. The summed E-state index contributed by atoms with van der Waals surface area (Å²) in [6.45, 7) is 0.972. The van der Waals surface area contributed by atoms with E-state index < -0.39 is 36.0 Å². The van der Waals surface area contributed by atoms with Crippen molar-refractivity contribution in [3.05, 3.63) is 59.2 Å². The molecule has 1 amide bonds. The number of carboxylic acids is 1. The molecule has 0 aliphatic rings. The Morgan fingerprint density at radius 2 is 1.31 bits per heavy atom. The van der Waals surface area contributed by atoms with Crippen LogP contribution in [0.5, 0.6) is 0 Å². The summed E-state index contributed by atoms with van der Waals surface area (Å²) in [5, 5.41) is 11.4. The van der Waals surface area contributed by atoms with Crippen LogP contribution in [-0.2, 0) is 19.1 Å². The van der Waals surface area contributed by atoms with Crippen LogP contribution in [0.2, 0.25) is 0 Å². The zero-order chi connectivity index (χ0) is 23.6. The van der Waals surface area contributed by atoms with Gasteiger partial charge in [0, 0.05) is 22.9 Å². The molecule has 10 nitrogen and oxygen atoms in total. The molecule has 0 heterocycles. The first kappa shape index (κ1) is 28.8. The van der Waals surface area contributed by atoms with E-state index in [1.807, 2.05) is 0 Å². The number of hydrogen-bond acceptors (Lipinski definition) is 9. The van der Waals surface area contributed by atoms with Crippen LogP contribution in [0, 0.1) is 0 Å². The topological polar surface area (TPSA) is 165 Å². The van der Waals surface area contributed by atoms with Crippen molar-refractivity contribution < 1.29 is 68.1 Å². The van der Waals surface area contributed by atoms with Crippen LogP contribution >= 0.6 is 0 Å². The first-order valence-electron chi connectivity index (χ1n) is 8.75. The third kappa shape index (κ3) is 9.73. The van der Waals surface area contributed by atoms with Gasteiger partial charge in [-0.05, 0) is 49.4 Å². The fraction of sp³-hybridized carbons (Fsp3) is 0.190. The summed E-state index contributed by atoms with van der Waals surface area (Å²) in [6.07, 6.45) is -0.417. The number of nitrogen functional groups attached to an aromatic ring is 1. The quantitative estimate of drug-likeness (QED) is 0.163. The number of carbonyl (C=O) groups is 5. The Morgan fingerprint density at radius 1 is 0.875 bits per heavy atom. The number of anilines is 2. The fourth-order valence-corrected chi connectivity index (χ4v) is 2.29.